The van der Waals surface area contributed by atoms with Crippen LogP contribution in [-0.2, 0) is 5.54 Å². The summed E-state index contributed by atoms with van der Waals surface area (Å²) >= 11 is 0. The van der Waals surface area contributed by atoms with Crippen LogP contribution in [0.3, 0.4) is 0 Å². The van der Waals surface area contributed by atoms with Crippen molar-refractivity contribution in [2.24, 2.45) is 0 Å². The maximum atomic E-state index is 12.5. The van der Waals surface area contributed by atoms with Crippen molar-refractivity contribution in [3.05, 3.63) is 47.3 Å². The Labute approximate surface area is 150 Å². The molecule has 1 aromatic heterocycles. The third-order valence-corrected chi connectivity index (χ3v) is 3.85. The Hall–Kier alpha value is -2.51. The lowest BCUT2D eigenvalue weighted by molar-refractivity contribution is -0.274. The molecule has 5 nitrogen and oxygen atoms in total. The van der Waals surface area contributed by atoms with Crippen LogP contribution in [0.15, 0.2) is 30.5 Å². The second-order valence-corrected chi connectivity index (χ2v) is 7.04. The number of halogens is 3. The van der Waals surface area contributed by atoms with Crippen LogP contribution in [0.1, 0.15) is 55.4 Å². The van der Waals surface area contributed by atoms with Gasteiger partial charge in [0.25, 0.3) is 5.91 Å². The van der Waals surface area contributed by atoms with Crippen molar-refractivity contribution in [2.45, 2.75) is 52.6 Å². The Kier molecular flexibility index (Phi) is 5.34. The van der Waals surface area contributed by atoms with Crippen molar-refractivity contribution in [1.29, 1.82) is 0 Å². The number of benzene rings is 1. The molecule has 0 spiro atoms. The minimum absolute atomic E-state index is 0.247. The van der Waals surface area contributed by atoms with Gasteiger partial charge in [0.15, 0.2) is 0 Å². The van der Waals surface area contributed by atoms with E-state index in [0.29, 0.717) is 11.1 Å². The maximum Gasteiger partial charge on any atom is 0.573 e. The Morgan fingerprint density at radius 3 is 2.23 bits per heavy atom. The van der Waals surface area contributed by atoms with E-state index in [1.165, 1.54) is 30.5 Å². The van der Waals surface area contributed by atoms with Crippen LogP contribution in [0, 0.1) is 6.92 Å². The second-order valence-electron chi connectivity index (χ2n) is 7.04. The highest BCUT2D eigenvalue weighted by molar-refractivity contribution is 5.95. The van der Waals surface area contributed by atoms with Gasteiger partial charge in [0.05, 0.1) is 23.3 Å². The number of nitrogens with one attached hydrogen (secondary N) is 1. The zero-order valence-corrected chi connectivity index (χ0v) is 15.3. The van der Waals surface area contributed by atoms with E-state index < -0.39 is 6.36 Å². The third-order valence-electron chi connectivity index (χ3n) is 3.85. The van der Waals surface area contributed by atoms with E-state index in [0.717, 1.165) is 5.69 Å². The quantitative estimate of drug-likeness (QED) is 0.872. The number of aromatic nitrogens is 2. The Bertz CT molecular complexity index is 774. The monoisotopic (exact) mass is 369 g/mol. The zero-order chi connectivity index (χ0) is 19.7. The molecule has 1 N–H and O–H groups in total. The fourth-order valence-corrected chi connectivity index (χ4v) is 2.62. The number of ether oxygens (including phenoxy) is 1. The smallest absolute Gasteiger partial charge is 0.406 e. The summed E-state index contributed by atoms with van der Waals surface area (Å²) in [6.07, 6.45) is -3.21. The van der Waals surface area contributed by atoms with Gasteiger partial charge in [-0.2, -0.15) is 5.10 Å². The molecule has 2 aromatic rings. The summed E-state index contributed by atoms with van der Waals surface area (Å²) in [7, 11) is 0. The largest absolute Gasteiger partial charge is 0.573 e. The van der Waals surface area contributed by atoms with Crippen LogP contribution < -0.4 is 10.1 Å². The average Bonchev–Trinajstić information content (AvgIpc) is 2.88. The van der Waals surface area contributed by atoms with E-state index in [4.69, 9.17) is 0 Å². The highest BCUT2D eigenvalue weighted by atomic mass is 19.4. The molecule has 0 aliphatic carbocycles. The second kappa shape index (κ2) is 7.01. The van der Waals surface area contributed by atoms with Crippen molar-refractivity contribution in [3.8, 4) is 5.75 Å². The molecule has 8 heteroatoms. The molecule has 1 unspecified atom stereocenters. The lowest BCUT2D eigenvalue weighted by atomic mass is 10.1. The fourth-order valence-electron chi connectivity index (χ4n) is 2.62. The van der Waals surface area contributed by atoms with Gasteiger partial charge in [-0.3, -0.25) is 9.48 Å². The van der Waals surface area contributed by atoms with Gasteiger partial charge in [0, 0.05) is 5.69 Å². The summed E-state index contributed by atoms with van der Waals surface area (Å²) in [6.45, 7) is 9.54. The van der Waals surface area contributed by atoms with E-state index in [1.807, 2.05) is 27.7 Å². The highest BCUT2D eigenvalue weighted by Crippen LogP contribution is 2.25. The van der Waals surface area contributed by atoms with Crippen molar-refractivity contribution in [2.75, 3.05) is 0 Å². The Morgan fingerprint density at radius 1 is 1.19 bits per heavy atom. The van der Waals surface area contributed by atoms with Crippen LogP contribution in [0.5, 0.6) is 5.75 Å². The number of amides is 1. The molecule has 0 saturated carbocycles. The van der Waals surface area contributed by atoms with Crippen LogP contribution in [0.25, 0.3) is 0 Å². The first-order chi connectivity index (χ1) is 11.9. The molecule has 1 aromatic carbocycles. The molecule has 2 rings (SSSR count). The number of hydrogen-bond acceptors (Lipinski definition) is 3. The van der Waals surface area contributed by atoms with Crippen LogP contribution in [-0.4, -0.2) is 22.1 Å². The van der Waals surface area contributed by atoms with Crippen LogP contribution >= 0.6 is 0 Å². The van der Waals surface area contributed by atoms with Crippen molar-refractivity contribution >= 4 is 5.91 Å². The predicted molar refractivity (Wildman–Crippen MR) is 91.0 cm³/mol. The molecular weight excluding hydrogens is 347 g/mol. The van der Waals surface area contributed by atoms with Crippen LogP contribution in [0.4, 0.5) is 13.2 Å². The maximum absolute atomic E-state index is 12.5. The molecule has 1 heterocycles. The molecule has 0 aliphatic heterocycles. The van der Waals surface area contributed by atoms with Gasteiger partial charge < -0.3 is 10.1 Å². The summed E-state index contributed by atoms with van der Waals surface area (Å²) in [5.41, 5.74) is 1.62. The first kappa shape index (κ1) is 19.8. The molecule has 1 atom stereocenters. The van der Waals surface area contributed by atoms with Gasteiger partial charge in [0.1, 0.15) is 5.75 Å². The van der Waals surface area contributed by atoms with E-state index in [1.54, 1.807) is 11.6 Å². The molecule has 0 aliphatic rings. The molecule has 0 fully saturated rings. The zero-order valence-electron chi connectivity index (χ0n) is 15.3. The number of carbonyl (C=O) groups excluding carboxylic acids is 1. The number of rotatable bonds is 4. The van der Waals surface area contributed by atoms with Crippen molar-refractivity contribution < 1.29 is 22.7 Å². The van der Waals surface area contributed by atoms with Gasteiger partial charge in [-0.1, -0.05) is 12.1 Å². The molecule has 1 amide bonds. The summed E-state index contributed by atoms with van der Waals surface area (Å²) in [6, 6.07) is 5.01. The Morgan fingerprint density at radius 2 is 1.77 bits per heavy atom. The Balaban J connectivity index is 2.09. The van der Waals surface area contributed by atoms with Crippen LogP contribution in [0.2, 0.25) is 0 Å². The lowest BCUT2D eigenvalue weighted by Crippen LogP contribution is -2.28. The molecule has 0 radical (unpaired) electrons. The SMILES string of the molecule is Cc1c(C(=O)NC(C)c2ccc(OC(F)(F)F)cc2)cnn1C(C)(C)C. The average molecular weight is 369 g/mol. The summed E-state index contributed by atoms with van der Waals surface area (Å²) in [5.74, 6) is -0.594. The van der Waals surface area contributed by atoms with Gasteiger partial charge in [0.2, 0.25) is 0 Å². The molecule has 142 valence electrons. The third kappa shape index (κ3) is 4.77. The minimum atomic E-state index is -4.73. The summed E-state index contributed by atoms with van der Waals surface area (Å²) < 4.78 is 42.2. The van der Waals surface area contributed by atoms with Gasteiger partial charge in [-0.15, -0.1) is 13.2 Å². The number of nitrogens with zero attached hydrogens (tertiary/aromatic N) is 2. The molecular formula is C18H22F3N3O2. The number of hydrogen-bond donors (Lipinski definition) is 1. The van der Waals surface area contributed by atoms with Gasteiger partial charge >= 0.3 is 6.36 Å². The van der Waals surface area contributed by atoms with Crippen molar-refractivity contribution in [1.82, 2.24) is 15.1 Å². The van der Waals surface area contributed by atoms with E-state index >= 15 is 0 Å². The standard InChI is InChI=1S/C18H22F3N3O2/c1-11(13-6-8-14(9-7-13)26-18(19,20)21)23-16(25)15-10-22-24(12(15)2)17(3,4)5/h6-11H,1-5H3,(H,23,25). The fraction of sp³-hybridized carbons (Fsp3) is 0.444. The normalized spacial score (nSPS) is 13.4. The first-order valence-electron chi connectivity index (χ1n) is 8.10. The number of alkyl halides is 3. The summed E-state index contributed by atoms with van der Waals surface area (Å²) in [5, 5.41) is 7.10. The first-order valence-corrected chi connectivity index (χ1v) is 8.10. The molecule has 26 heavy (non-hydrogen) atoms. The number of carbonyl (C=O) groups is 1. The summed E-state index contributed by atoms with van der Waals surface area (Å²) in [4.78, 5) is 12.5. The van der Waals surface area contributed by atoms with E-state index in [-0.39, 0.29) is 23.2 Å². The van der Waals surface area contributed by atoms with Gasteiger partial charge in [-0.05, 0) is 52.3 Å². The minimum Gasteiger partial charge on any atom is -0.406 e. The topological polar surface area (TPSA) is 56.1 Å². The lowest BCUT2D eigenvalue weighted by Gasteiger charge is -2.21. The van der Waals surface area contributed by atoms with E-state index in [9.17, 15) is 18.0 Å². The highest BCUT2D eigenvalue weighted by Gasteiger charge is 2.31. The molecule has 0 saturated heterocycles. The van der Waals surface area contributed by atoms with Gasteiger partial charge in [-0.25, -0.2) is 0 Å². The predicted octanol–water partition coefficient (Wildman–Crippen LogP) is 4.34. The van der Waals surface area contributed by atoms with E-state index in [2.05, 4.69) is 15.2 Å². The molecule has 0 bridgehead atoms. The van der Waals surface area contributed by atoms with Crippen molar-refractivity contribution in [3.63, 3.8) is 0 Å².